The maximum absolute atomic E-state index is 8.73. The largest absolute Gasteiger partial charge is 0.394 e. The van der Waals surface area contributed by atoms with Gasteiger partial charge in [-0.2, -0.15) is 15.3 Å². The Morgan fingerprint density at radius 2 is 1.81 bits per heavy atom. The van der Waals surface area contributed by atoms with E-state index >= 15 is 0 Å². The molecule has 6 N–H and O–H groups in total. The summed E-state index contributed by atoms with van der Waals surface area (Å²) in [5, 5.41) is 24.7. The Balaban J connectivity index is 0.000000387. The topological polar surface area (TPSA) is 152 Å². The Morgan fingerprint density at radius 3 is 2.41 bits per heavy atom. The smallest absolute Gasteiger partial charge is 0.222 e. The molecule has 0 unspecified atom stereocenters. The fraction of sp³-hybridized carbons (Fsp3) is 0.391. The number of benzene rings is 1. The molecule has 1 fully saturated rings. The highest BCUT2D eigenvalue weighted by Crippen LogP contribution is 2.24. The number of anilines is 4. The summed E-state index contributed by atoms with van der Waals surface area (Å²) in [6.45, 7) is 4.59. The van der Waals surface area contributed by atoms with E-state index < -0.39 is 0 Å². The molecule has 170 valence electrons. The molecule has 1 aliphatic rings. The van der Waals surface area contributed by atoms with Crippen LogP contribution in [-0.4, -0.2) is 31.0 Å². The number of hydrogen-bond donors (Lipinski definition) is 4. The molecule has 0 radical (unpaired) electrons. The van der Waals surface area contributed by atoms with Crippen LogP contribution in [0.5, 0.6) is 0 Å². The van der Waals surface area contributed by atoms with Crippen LogP contribution in [0, 0.1) is 11.3 Å². The average molecular weight is 437 g/mol. The second kappa shape index (κ2) is 12.9. The number of nitrogens with two attached hydrogens (primary N) is 2. The summed E-state index contributed by atoms with van der Waals surface area (Å²) in [7, 11) is 0. The van der Waals surface area contributed by atoms with Crippen molar-refractivity contribution in [2.75, 3.05) is 16.8 Å². The molecular formula is C23H32N8O. The number of nitriles is 1. The van der Waals surface area contributed by atoms with Gasteiger partial charge in [-0.05, 0) is 30.5 Å². The normalized spacial score (nSPS) is 12.7. The van der Waals surface area contributed by atoms with Gasteiger partial charge in [-0.1, -0.05) is 38.8 Å². The monoisotopic (exact) mass is 436 g/mol. The maximum atomic E-state index is 8.73. The molecule has 3 aromatic rings. The van der Waals surface area contributed by atoms with Crippen molar-refractivity contribution in [2.24, 2.45) is 0 Å². The lowest BCUT2D eigenvalue weighted by molar-refractivity contribution is 0.183. The molecule has 0 aliphatic heterocycles. The van der Waals surface area contributed by atoms with Crippen LogP contribution in [0.4, 0.5) is 23.1 Å². The summed E-state index contributed by atoms with van der Waals surface area (Å²) in [6.07, 6.45) is 10.2. The molecule has 1 saturated carbocycles. The van der Waals surface area contributed by atoms with Gasteiger partial charge in [0.2, 0.25) is 5.95 Å². The van der Waals surface area contributed by atoms with Gasteiger partial charge >= 0.3 is 0 Å². The summed E-state index contributed by atoms with van der Waals surface area (Å²) in [6, 6.07) is 9.87. The summed E-state index contributed by atoms with van der Waals surface area (Å²) < 4.78 is 1.76. The second-order valence-electron chi connectivity index (χ2n) is 7.07. The van der Waals surface area contributed by atoms with Crippen molar-refractivity contribution in [2.45, 2.75) is 58.6 Å². The summed E-state index contributed by atoms with van der Waals surface area (Å²) in [5.41, 5.74) is 14.7. The molecule has 0 atom stereocenters. The molecule has 0 saturated heterocycles. The van der Waals surface area contributed by atoms with Crippen LogP contribution in [-0.2, 0) is 6.54 Å². The molecule has 0 bridgehead atoms. The van der Waals surface area contributed by atoms with E-state index in [1.54, 1.807) is 10.9 Å². The van der Waals surface area contributed by atoms with Gasteiger partial charge in [0.05, 0.1) is 43.2 Å². The van der Waals surface area contributed by atoms with Crippen LogP contribution < -0.4 is 16.8 Å². The van der Waals surface area contributed by atoms with Crippen molar-refractivity contribution >= 4 is 23.1 Å². The standard InChI is InChI=1S/C16H16N8.C5H10O.C2H6/c17-6-1-7-24-10-12(8-21-24)11-2-4-13(5-3-11)22-15-14(18)9-20-16(19)23-15;6-5-3-1-2-4-5;1-2/h2-5,8-10H,1,7,18H2,(H3,19,20,22,23);5-6H,1-4H2;1-2H3. The minimum atomic E-state index is 0.0463. The predicted molar refractivity (Wildman–Crippen MR) is 128 cm³/mol. The van der Waals surface area contributed by atoms with Gasteiger partial charge in [-0.25, -0.2) is 4.98 Å². The number of aromatic nitrogens is 4. The number of rotatable bonds is 5. The Kier molecular flexibility index (Phi) is 9.94. The third kappa shape index (κ3) is 7.56. The van der Waals surface area contributed by atoms with Crippen LogP contribution in [0.25, 0.3) is 11.1 Å². The van der Waals surface area contributed by atoms with Crippen LogP contribution >= 0.6 is 0 Å². The zero-order valence-corrected chi connectivity index (χ0v) is 18.7. The van der Waals surface area contributed by atoms with Crippen LogP contribution in [0.1, 0.15) is 46.0 Å². The van der Waals surface area contributed by atoms with Gasteiger partial charge in [0.25, 0.3) is 0 Å². The van der Waals surface area contributed by atoms with Gasteiger partial charge in [0, 0.05) is 17.4 Å². The molecule has 4 rings (SSSR count). The molecule has 9 nitrogen and oxygen atoms in total. The molecule has 2 aromatic heterocycles. The zero-order valence-electron chi connectivity index (χ0n) is 18.7. The van der Waals surface area contributed by atoms with Gasteiger partial charge in [-0.15, -0.1) is 0 Å². The first-order valence-corrected chi connectivity index (χ1v) is 10.9. The minimum Gasteiger partial charge on any atom is -0.394 e. The number of nitrogens with one attached hydrogen (secondary N) is 1. The van der Waals surface area contributed by atoms with Gasteiger partial charge in [0.15, 0.2) is 5.82 Å². The molecule has 0 amide bonds. The number of nitrogens with zero attached hydrogens (tertiary/aromatic N) is 5. The summed E-state index contributed by atoms with van der Waals surface area (Å²) in [4.78, 5) is 7.90. The van der Waals surface area contributed by atoms with Crippen molar-refractivity contribution in [3.05, 3.63) is 42.9 Å². The van der Waals surface area contributed by atoms with Crippen LogP contribution in [0.3, 0.4) is 0 Å². The third-order valence-corrected chi connectivity index (χ3v) is 4.73. The molecule has 0 spiro atoms. The predicted octanol–water partition coefficient (Wildman–Crippen LogP) is 4.11. The first-order chi connectivity index (χ1) is 15.5. The number of nitrogen functional groups attached to an aromatic ring is 2. The second-order valence-corrected chi connectivity index (χ2v) is 7.07. The van der Waals surface area contributed by atoms with Gasteiger partial charge < -0.3 is 21.9 Å². The van der Waals surface area contributed by atoms with Gasteiger partial charge in [0.1, 0.15) is 0 Å². The van der Waals surface area contributed by atoms with Gasteiger partial charge in [-0.3, -0.25) is 4.68 Å². The van der Waals surface area contributed by atoms with E-state index in [1.807, 2.05) is 44.3 Å². The molecule has 1 aliphatic carbocycles. The van der Waals surface area contributed by atoms with Crippen LogP contribution in [0.2, 0.25) is 0 Å². The minimum absolute atomic E-state index is 0.0463. The SMILES string of the molecule is CC.N#CCCn1cc(-c2ccc(Nc3nc(N)ncc3N)cc2)cn1.OC1CCCC1. The molecule has 9 heteroatoms. The molecule has 1 aromatic carbocycles. The first-order valence-electron chi connectivity index (χ1n) is 10.9. The Bertz CT molecular complexity index is 988. The fourth-order valence-corrected chi connectivity index (χ4v) is 3.09. The number of aryl methyl sites for hydroxylation is 1. The van der Waals surface area contributed by atoms with E-state index in [0.717, 1.165) is 29.7 Å². The lowest BCUT2D eigenvalue weighted by Crippen LogP contribution is -2.03. The summed E-state index contributed by atoms with van der Waals surface area (Å²) >= 11 is 0. The van der Waals surface area contributed by atoms with E-state index in [0.29, 0.717) is 24.5 Å². The Morgan fingerprint density at radius 1 is 1.12 bits per heavy atom. The lowest BCUT2D eigenvalue weighted by Gasteiger charge is -2.08. The van der Waals surface area contributed by atoms with Crippen LogP contribution in [0.15, 0.2) is 42.9 Å². The Labute approximate surface area is 189 Å². The van der Waals surface area contributed by atoms with E-state index in [1.165, 1.54) is 19.0 Å². The number of hydrogen-bond acceptors (Lipinski definition) is 8. The van der Waals surface area contributed by atoms with Crippen molar-refractivity contribution in [1.82, 2.24) is 19.7 Å². The fourth-order valence-electron chi connectivity index (χ4n) is 3.09. The quantitative estimate of drug-likeness (QED) is 0.466. The van der Waals surface area contributed by atoms with E-state index in [9.17, 15) is 0 Å². The van der Waals surface area contributed by atoms with Crippen molar-refractivity contribution in [1.29, 1.82) is 5.26 Å². The number of aliphatic hydroxyl groups excluding tert-OH is 1. The number of aliphatic hydroxyl groups is 1. The molecule has 32 heavy (non-hydrogen) atoms. The van der Waals surface area contributed by atoms with E-state index in [2.05, 4.69) is 26.5 Å². The maximum Gasteiger partial charge on any atom is 0.222 e. The van der Waals surface area contributed by atoms with Crippen molar-refractivity contribution in [3.8, 4) is 17.2 Å². The lowest BCUT2D eigenvalue weighted by atomic mass is 10.1. The van der Waals surface area contributed by atoms with E-state index in [-0.39, 0.29) is 12.1 Å². The third-order valence-electron chi connectivity index (χ3n) is 4.73. The molecule has 2 heterocycles. The first kappa shape index (κ1) is 24.6. The average Bonchev–Trinajstić information content (AvgIpc) is 3.49. The highest BCUT2D eigenvalue weighted by atomic mass is 16.3. The Hall–Kier alpha value is -3.64. The molecular weight excluding hydrogens is 404 g/mol. The highest BCUT2D eigenvalue weighted by molar-refractivity contribution is 5.71. The van der Waals surface area contributed by atoms with Crippen molar-refractivity contribution in [3.63, 3.8) is 0 Å². The van der Waals surface area contributed by atoms with Crippen molar-refractivity contribution < 1.29 is 5.11 Å². The summed E-state index contributed by atoms with van der Waals surface area (Å²) in [5.74, 6) is 0.632. The highest BCUT2D eigenvalue weighted by Gasteiger charge is 2.09. The zero-order chi connectivity index (χ0) is 23.3. The van der Waals surface area contributed by atoms with E-state index in [4.69, 9.17) is 21.8 Å².